The zero-order chi connectivity index (χ0) is 23.4. The molecule has 0 aromatic rings. The second-order valence-corrected chi connectivity index (χ2v) is 12.3. The van der Waals surface area contributed by atoms with Gasteiger partial charge in [0.05, 0.1) is 17.2 Å². The van der Waals surface area contributed by atoms with Gasteiger partial charge in [-0.15, -0.1) is 11.8 Å². The van der Waals surface area contributed by atoms with Crippen LogP contribution in [0.15, 0.2) is 21.7 Å². The van der Waals surface area contributed by atoms with Gasteiger partial charge in [0, 0.05) is 18.1 Å². The molecular weight excluding hydrogens is 434 g/mol. The number of hydrogen-bond acceptors (Lipinski definition) is 5. The molecule has 0 radical (unpaired) electrons. The molecule has 0 saturated heterocycles. The van der Waals surface area contributed by atoms with Crippen molar-refractivity contribution in [3.05, 3.63) is 11.6 Å². The number of nitrogens with one attached hydrogen (secondary N) is 1. The molecule has 5 rings (SSSR count). The summed E-state index contributed by atoms with van der Waals surface area (Å²) in [6.45, 7) is 6.95. The summed E-state index contributed by atoms with van der Waals surface area (Å²) in [6.07, 6.45) is 10.9. The lowest BCUT2D eigenvalue weighted by atomic mass is 9.46. The monoisotopic (exact) mass is 469 g/mol. The molecule has 6 nitrogen and oxygen atoms in total. The Kier molecular flexibility index (Phi) is 5.91. The third-order valence-corrected chi connectivity index (χ3v) is 10.7. The molecule has 1 N–H and O–H groups in total. The lowest BCUT2D eigenvalue weighted by Gasteiger charge is -2.58. The van der Waals surface area contributed by atoms with Crippen molar-refractivity contribution in [3.63, 3.8) is 0 Å². The molecule has 178 valence electrons. The maximum atomic E-state index is 12.3. The van der Waals surface area contributed by atoms with Crippen LogP contribution in [-0.4, -0.2) is 34.1 Å². The number of nitrogens with zero attached hydrogens (tertiary/aromatic N) is 2. The van der Waals surface area contributed by atoms with Gasteiger partial charge in [-0.05, 0) is 86.5 Å². The van der Waals surface area contributed by atoms with Crippen molar-refractivity contribution in [3.8, 4) is 0 Å². The number of amides is 2. The highest BCUT2D eigenvalue weighted by Gasteiger charge is 2.59. The minimum atomic E-state index is -0.204. The van der Waals surface area contributed by atoms with Crippen LogP contribution in [0.5, 0.6) is 0 Å². The Hall–Kier alpha value is -1.76. The van der Waals surface area contributed by atoms with Crippen molar-refractivity contribution in [2.24, 2.45) is 44.6 Å². The molecule has 3 unspecified atom stereocenters. The number of ketones is 1. The van der Waals surface area contributed by atoms with Crippen LogP contribution in [0, 0.1) is 34.5 Å². The van der Waals surface area contributed by atoms with Gasteiger partial charge in [-0.3, -0.25) is 14.4 Å². The maximum Gasteiger partial charge on any atom is 0.256 e. The fourth-order valence-electron chi connectivity index (χ4n) is 8.09. The molecule has 1 heterocycles. The van der Waals surface area contributed by atoms with E-state index in [9.17, 15) is 14.4 Å². The molecule has 6 atom stereocenters. The van der Waals surface area contributed by atoms with Gasteiger partial charge < -0.3 is 0 Å². The Morgan fingerprint density at radius 3 is 2.73 bits per heavy atom. The summed E-state index contributed by atoms with van der Waals surface area (Å²) in [5.41, 5.74) is 5.59. The second-order valence-electron chi connectivity index (χ2n) is 11.3. The third kappa shape index (κ3) is 3.94. The Bertz CT molecular complexity index is 985. The smallest absolute Gasteiger partial charge is 0.256 e. The lowest BCUT2D eigenvalue weighted by Crippen LogP contribution is -2.51. The fourth-order valence-corrected chi connectivity index (χ4v) is 8.84. The highest BCUT2D eigenvalue weighted by molar-refractivity contribution is 8.15. The Morgan fingerprint density at radius 1 is 1.15 bits per heavy atom. The molecule has 33 heavy (non-hydrogen) atoms. The van der Waals surface area contributed by atoms with Gasteiger partial charge in [-0.2, -0.15) is 5.10 Å². The van der Waals surface area contributed by atoms with E-state index < -0.39 is 0 Å². The summed E-state index contributed by atoms with van der Waals surface area (Å²) in [5, 5.41) is 5.10. The quantitative estimate of drug-likeness (QED) is 0.478. The number of allylic oxidation sites excluding steroid dienone is 1. The molecule has 0 aromatic heterocycles. The van der Waals surface area contributed by atoms with Gasteiger partial charge in [0.1, 0.15) is 0 Å². The van der Waals surface area contributed by atoms with E-state index >= 15 is 0 Å². The first-order chi connectivity index (χ1) is 15.7. The van der Waals surface area contributed by atoms with Crippen molar-refractivity contribution >= 4 is 40.1 Å². The van der Waals surface area contributed by atoms with Crippen LogP contribution < -0.4 is 5.43 Å². The lowest BCUT2D eigenvalue weighted by molar-refractivity contribution is -0.120. The molecule has 7 heteroatoms. The van der Waals surface area contributed by atoms with Crippen LogP contribution in [0.1, 0.15) is 78.6 Å². The Balaban J connectivity index is 1.28. The number of hydrogen-bond donors (Lipinski definition) is 1. The normalized spacial score (nSPS) is 40.5. The predicted molar refractivity (Wildman–Crippen MR) is 131 cm³/mol. The van der Waals surface area contributed by atoms with Crippen molar-refractivity contribution in [2.45, 2.75) is 78.6 Å². The van der Waals surface area contributed by atoms with E-state index in [1.165, 1.54) is 43.0 Å². The maximum absolute atomic E-state index is 12.3. The molecule has 0 aromatic carbocycles. The predicted octanol–water partition coefficient (Wildman–Crippen LogP) is 4.69. The molecular formula is C26H35N3O3S. The van der Waals surface area contributed by atoms with Gasteiger partial charge in [-0.1, -0.05) is 19.4 Å². The van der Waals surface area contributed by atoms with Crippen LogP contribution in [0.2, 0.25) is 0 Å². The fraction of sp³-hybridized carbons (Fsp3) is 0.731. The van der Waals surface area contributed by atoms with Crippen molar-refractivity contribution < 1.29 is 14.4 Å². The first-order valence-corrected chi connectivity index (χ1v) is 13.5. The van der Waals surface area contributed by atoms with Crippen LogP contribution in [0.4, 0.5) is 0 Å². The first-order valence-electron chi connectivity index (χ1n) is 12.5. The molecule has 1 aliphatic heterocycles. The van der Waals surface area contributed by atoms with Gasteiger partial charge in [0.25, 0.3) is 5.91 Å². The van der Waals surface area contributed by atoms with Gasteiger partial charge in [-0.25, -0.2) is 10.4 Å². The molecule has 4 aliphatic carbocycles. The molecule has 2 amide bonds. The summed E-state index contributed by atoms with van der Waals surface area (Å²) in [5.74, 6) is 2.78. The van der Waals surface area contributed by atoms with Crippen molar-refractivity contribution in [1.29, 1.82) is 0 Å². The Labute approximate surface area is 200 Å². The third-order valence-electron chi connectivity index (χ3n) is 9.75. The van der Waals surface area contributed by atoms with E-state index in [0.717, 1.165) is 30.9 Å². The zero-order valence-corrected chi connectivity index (χ0v) is 20.8. The van der Waals surface area contributed by atoms with Crippen LogP contribution in [0.3, 0.4) is 0 Å². The summed E-state index contributed by atoms with van der Waals surface area (Å²) >= 11 is 1.34. The minimum Gasteiger partial charge on any atom is -0.295 e. The highest BCUT2D eigenvalue weighted by Crippen LogP contribution is 2.66. The van der Waals surface area contributed by atoms with E-state index in [0.29, 0.717) is 40.8 Å². The molecule has 3 fully saturated rings. The Morgan fingerprint density at radius 2 is 1.97 bits per heavy atom. The van der Waals surface area contributed by atoms with Crippen LogP contribution >= 0.6 is 11.8 Å². The first kappa shape index (κ1) is 23.0. The number of hydrazone groups is 1. The van der Waals surface area contributed by atoms with Gasteiger partial charge >= 0.3 is 0 Å². The van der Waals surface area contributed by atoms with E-state index in [1.807, 2.05) is 6.08 Å². The molecule has 3 saturated carbocycles. The number of rotatable bonds is 4. The highest BCUT2D eigenvalue weighted by atomic mass is 32.2. The van der Waals surface area contributed by atoms with Crippen LogP contribution in [0.25, 0.3) is 0 Å². The summed E-state index contributed by atoms with van der Waals surface area (Å²) in [6, 6.07) is 0. The average molecular weight is 470 g/mol. The molecule has 0 spiro atoms. The minimum absolute atomic E-state index is 0.123. The van der Waals surface area contributed by atoms with E-state index in [-0.39, 0.29) is 29.1 Å². The number of aliphatic imine (C=N–C) groups is 1. The van der Waals surface area contributed by atoms with Crippen molar-refractivity contribution in [2.75, 3.05) is 5.75 Å². The SMILES string of the molecule is C/C(=N\NC(=O)CC1=NC(=O)CS1)[C@H]1CCC2C3CCC4=CC(=O)CC[C@]4(C)C3CC[C@@]21C. The van der Waals surface area contributed by atoms with E-state index in [1.54, 1.807) is 0 Å². The number of thioether (sulfide) groups is 1. The average Bonchev–Trinajstić information content (AvgIpc) is 3.34. The summed E-state index contributed by atoms with van der Waals surface area (Å²) in [4.78, 5) is 39.5. The number of carbonyl (C=O) groups is 3. The van der Waals surface area contributed by atoms with Gasteiger partial charge in [0.2, 0.25) is 5.91 Å². The van der Waals surface area contributed by atoms with E-state index in [2.05, 4.69) is 36.3 Å². The molecule has 0 bridgehead atoms. The zero-order valence-electron chi connectivity index (χ0n) is 20.0. The topological polar surface area (TPSA) is 88.0 Å². The van der Waals surface area contributed by atoms with Crippen molar-refractivity contribution in [1.82, 2.24) is 5.43 Å². The standard InChI is InChI=1S/C26H35N3O3S/c1-15(28-29-22(31)13-24-27-23(32)14-33-24)19-6-7-20-18-5-4-16-12-17(30)8-10-25(16,2)21(18)9-11-26(19,20)3/h12,18-21H,4-11,13-14H2,1-3H3,(H,29,31)/b28-15+/t18?,19-,20?,21?,25+,26-/m1/s1. The number of fused-ring (bicyclic) bond motifs is 5. The molecule has 5 aliphatic rings. The van der Waals surface area contributed by atoms with E-state index in [4.69, 9.17) is 0 Å². The number of carbonyl (C=O) groups excluding carboxylic acids is 3. The van der Waals surface area contributed by atoms with Crippen LogP contribution in [-0.2, 0) is 14.4 Å². The summed E-state index contributed by atoms with van der Waals surface area (Å²) in [7, 11) is 0. The largest absolute Gasteiger partial charge is 0.295 e. The van der Waals surface area contributed by atoms with Gasteiger partial charge in [0.15, 0.2) is 5.78 Å². The summed E-state index contributed by atoms with van der Waals surface area (Å²) < 4.78 is 0. The second kappa shape index (κ2) is 8.47.